The Balaban J connectivity index is 1.93. The van der Waals surface area contributed by atoms with E-state index >= 15 is 0 Å². The molecule has 0 saturated heterocycles. The third-order valence-electron chi connectivity index (χ3n) is 4.18. The van der Waals surface area contributed by atoms with Crippen molar-refractivity contribution in [3.63, 3.8) is 0 Å². The van der Waals surface area contributed by atoms with Crippen LogP contribution in [-0.4, -0.2) is 0 Å². The molecule has 96 valence electrons. The summed E-state index contributed by atoms with van der Waals surface area (Å²) < 4.78 is 0. The maximum absolute atomic E-state index is 2.41. The Labute approximate surface area is 111 Å². The summed E-state index contributed by atoms with van der Waals surface area (Å²) in [5, 5.41) is 0. The molecule has 0 spiro atoms. The molecular weight excluding hydrogens is 216 g/mol. The largest absolute Gasteiger partial charge is 0.0811 e. The van der Waals surface area contributed by atoms with Crippen molar-refractivity contribution in [2.75, 3.05) is 0 Å². The van der Waals surface area contributed by atoms with E-state index in [1.165, 1.54) is 24.8 Å². The zero-order valence-electron chi connectivity index (χ0n) is 11.5. The van der Waals surface area contributed by atoms with Crippen LogP contribution >= 0.6 is 0 Å². The van der Waals surface area contributed by atoms with Crippen LogP contribution < -0.4 is 0 Å². The average Bonchev–Trinajstić information content (AvgIpc) is 2.42. The molecule has 0 saturated carbocycles. The molecule has 0 radical (unpaired) electrons. The van der Waals surface area contributed by atoms with Crippen LogP contribution in [0.3, 0.4) is 0 Å². The van der Waals surface area contributed by atoms with Crippen LogP contribution in [0, 0.1) is 17.8 Å². The topological polar surface area (TPSA) is 0 Å². The van der Waals surface area contributed by atoms with Crippen LogP contribution in [0.5, 0.6) is 0 Å². The van der Waals surface area contributed by atoms with Crippen molar-refractivity contribution in [1.82, 2.24) is 0 Å². The van der Waals surface area contributed by atoms with Crippen LogP contribution in [0.1, 0.15) is 32.3 Å². The third-order valence-corrected chi connectivity index (χ3v) is 4.18. The average molecular weight is 240 g/mol. The Kier molecular flexibility index (Phi) is 4.81. The molecule has 3 atom stereocenters. The van der Waals surface area contributed by atoms with E-state index in [1.807, 2.05) is 0 Å². The Hall–Kier alpha value is -1.30. The summed E-state index contributed by atoms with van der Waals surface area (Å²) in [5.41, 5.74) is 1.47. The quantitative estimate of drug-likeness (QED) is 0.677. The standard InChI is InChI=1S/C18H24/c1-3-17(18-12-8-7-9-15(18)2)14-13-16-10-5-4-6-11-16/h4-12,15,17-18H,3,13-14H2,1-2H3. The molecule has 0 amide bonds. The summed E-state index contributed by atoms with van der Waals surface area (Å²) >= 11 is 0. The highest BCUT2D eigenvalue weighted by atomic mass is 14.3. The minimum Gasteiger partial charge on any atom is -0.0811 e. The van der Waals surface area contributed by atoms with Gasteiger partial charge in [0.1, 0.15) is 0 Å². The van der Waals surface area contributed by atoms with Gasteiger partial charge in [0.2, 0.25) is 0 Å². The van der Waals surface area contributed by atoms with Crippen LogP contribution in [-0.2, 0) is 6.42 Å². The predicted molar refractivity (Wildman–Crippen MR) is 79.5 cm³/mol. The van der Waals surface area contributed by atoms with Crippen molar-refractivity contribution >= 4 is 0 Å². The highest BCUT2D eigenvalue weighted by Gasteiger charge is 2.22. The van der Waals surface area contributed by atoms with Crippen LogP contribution in [0.4, 0.5) is 0 Å². The fraction of sp³-hybridized carbons (Fsp3) is 0.444. The highest BCUT2D eigenvalue weighted by Crippen LogP contribution is 2.31. The van der Waals surface area contributed by atoms with Crippen molar-refractivity contribution in [3.05, 3.63) is 60.2 Å². The lowest BCUT2D eigenvalue weighted by molar-refractivity contribution is 0.304. The predicted octanol–water partition coefficient (Wildman–Crippen LogP) is 5.02. The van der Waals surface area contributed by atoms with Gasteiger partial charge in [-0.05, 0) is 36.2 Å². The fourth-order valence-corrected chi connectivity index (χ4v) is 2.99. The lowest BCUT2D eigenvalue weighted by Crippen LogP contribution is -2.20. The Morgan fingerprint density at radius 3 is 2.44 bits per heavy atom. The summed E-state index contributed by atoms with van der Waals surface area (Å²) in [4.78, 5) is 0. The molecule has 0 N–H and O–H groups in total. The molecule has 2 rings (SSSR count). The monoisotopic (exact) mass is 240 g/mol. The maximum atomic E-state index is 2.41. The first-order valence-electron chi connectivity index (χ1n) is 7.20. The molecule has 1 aliphatic rings. The molecule has 0 aliphatic heterocycles. The van der Waals surface area contributed by atoms with Gasteiger partial charge in [-0.3, -0.25) is 0 Å². The molecule has 1 aromatic carbocycles. The molecule has 18 heavy (non-hydrogen) atoms. The maximum Gasteiger partial charge on any atom is -0.0142 e. The lowest BCUT2D eigenvalue weighted by atomic mass is 9.76. The third kappa shape index (κ3) is 3.35. The second-order valence-corrected chi connectivity index (χ2v) is 5.40. The molecule has 0 bridgehead atoms. The summed E-state index contributed by atoms with van der Waals surface area (Å²) in [5.74, 6) is 2.22. The lowest BCUT2D eigenvalue weighted by Gasteiger charge is -2.29. The van der Waals surface area contributed by atoms with Crippen molar-refractivity contribution < 1.29 is 0 Å². The van der Waals surface area contributed by atoms with Gasteiger partial charge in [-0.15, -0.1) is 0 Å². The Morgan fingerprint density at radius 2 is 1.78 bits per heavy atom. The van der Waals surface area contributed by atoms with Gasteiger partial charge >= 0.3 is 0 Å². The summed E-state index contributed by atoms with van der Waals surface area (Å²) in [6.07, 6.45) is 12.9. The van der Waals surface area contributed by atoms with Gasteiger partial charge in [-0.25, -0.2) is 0 Å². The summed E-state index contributed by atoms with van der Waals surface area (Å²) in [6, 6.07) is 10.9. The van der Waals surface area contributed by atoms with E-state index in [9.17, 15) is 0 Å². The van der Waals surface area contributed by atoms with Crippen molar-refractivity contribution in [2.24, 2.45) is 17.8 Å². The van der Waals surface area contributed by atoms with E-state index in [0.29, 0.717) is 5.92 Å². The number of aryl methyl sites for hydroxylation is 1. The minimum atomic E-state index is 0.690. The first-order valence-corrected chi connectivity index (χ1v) is 7.20. The van der Waals surface area contributed by atoms with Crippen LogP contribution in [0.2, 0.25) is 0 Å². The van der Waals surface area contributed by atoms with Gasteiger partial charge in [0, 0.05) is 0 Å². The van der Waals surface area contributed by atoms with Gasteiger partial charge < -0.3 is 0 Å². The summed E-state index contributed by atoms with van der Waals surface area (Å²) in [6.45, 7) is 4.67. The Bertz CT molecular complexity index is 399. The molecule has 1 aromatic rings. The van der Waals surface area contributed by atoms with Crippen LogP contribution in [0.25, 0.3) is 0 Å². The van der Waals surface area contributed by atoms with E-state index in [1.54, 1.807) is 0 Å². The molecule has 0 heterocycles. The molecule has 1 aliphatic carbocycles. The van der Waals surface area contributed by atoms with E-state index in [0.717, 1.165) is 11.8 Å². The summed E-state index contributed by atoms with van der Waals surface area (Å²) in [7, 11) is 0. The second kappa shape index (κ2) is 6.58. The first-order chi connectivity index (χ1) is 8.81. The zero-order valence-corrected chi connectivity index (χ0v) is 11.5. The molecule has 3 unspecified atom stereocenters. The van der Waals surface area contributed by atoms with Gasteiger partial charge in [0.25, 0.3) is 0 Å². The highest BCUT2D eigenvalue weighted by molar-refractivity contribution is 5.16. The fourth-order valence-electron chi connectivity index (χ4n) is 2.99. The molecular formula is C18H24. The molecule has 0 fully saturated rings. The minimum absolute atomic E-state index is 0.690. The first kappa shape index (κ1) is 13.1. The van der Waals surface area contributed by atoms with Crippen molar-refractivity contribution in [1.29, 1.82) is 0 Å². The van der Waals surface area contributed by atoms with Gasteiger partial charge in [0.15, 0.2) is 0 Å². The number of benzene rings is 1. The SMILES string of the molecule is CCC(CCc1ccccc1)C1C=CC=CC1C. The van der Waals surface area contributed by atoms with Crippen molar-refractivity contribution in [3.8, 4) is 0 Å². The van der Waals surface area contributed by atoms with Gasteiger partial charge in [-0.1, -0.05) is 74.9 Å². The molecule has 0 aromatic heterocycles. The zero-order chi connectivity index (χ0) is 12.8. The van der Waals surface area contributed by atoms with E-state index < -0.39 is 0 Å². The van der Waals surface area contributed by atoms with E-state index in [2.05, 4.69) is 68.5 Å². The normalized spacial score (nSPS) is 24.1. The number of rotatable bonds is 5. The van der Waals surface area contributed by atoms with Crippen molar-refractivity contribution in [2.45, 2.75) is 33.1 Å². The van der Waals surface area contributed by atoms with Crippen LogP contribution in [0.15, 0.2) is 54.6 Å². The number of hydrogen-bond acceptors (Lipinski definition) is 0. The smallest absolute Gasteiger partial charge is 0.0142 e. The van der Waals surface area contributed by atoms with E-state index in [-0.39, 0.29) is 0 Å². The van der Waals surface area contributed by atoms with Gasteiger partial charge in [0.05, 0.1) is 0 Å². The Morgan fingerprint density at radius 1 is 1.06 bits per heavy atom. The molecule has 0 nitrogen and oxygen atoms in total. The van der Waals surface area contributed by atoms with Gasteiger partial charge in [-0.2, -0.15) is 0 Å². The molecule has 0 heteroatoms. The second-order valence-electron chi connectivity index (χ2n) is 5.40. The van der Waals surface area contributed by atoms with E-state index in [4.69, 9.17) is 0 Å². The number of hydrogen-bond donors (Lipinski definition) is 0. The number of allylic oxidation sites excluding steroid dienone is 4.